The number of anilines is 2. The number of esters is 1. The van der Waals surface area contributed by atoms with Gasteiger partial charge in [-0.3, -0.25) is 9.80 Å². The Bertz CT molecular complexity index is 1130. The van der Waals surface area contributed by atoms with E-state index in [1.54, 1.807) is 25.4 Å². The summed E-state index contributed by atoms with van der Waals surface area (Å²) in [5, 5.41) is 5.76. The van der Waals surface area contributed by atoms with Crippen LogP contribution in [0.3, 0.4) is 0 Å². The number of carbonyl (C=O) groups excluding carboxylic acids is 1. The van der Waals surface area contributed by atoms with Crippen LogP contribution in [0.1, 0.15) is 31.7 Å². The van der Waals surface area contributed by atoms with Crippen LogP contribution in [0.4, 0.5) is 24.5 Å². The van der Waals surface area contributed by atoms with E-state index in [9.17, 15) is 18.0 Å². The van der Waals surface area contributed by atoms with E-state index in [1.807, 2.05) is 18.2 Å². The predicted molar refractivity (Wildman–Crippen MR) is 136 cm³/mol. The van der Waals surface area contributed by atoms with Gasteiger partial charge >= 0.3 is 12.1 Å². The second-order valence-corrected chi connectivity index (χ2v) is 9.85. The molecule has 0 amide bonds. The first-order valence-corrected chi connectivity index (χ1v) is 12.5. The summed E-state index contributed by atoms with van der Waals surface area (Å²) < 4.78 is 50.5. The molecule has 2 atom stereocenters. The van der Waals surface area contributed by atoms with Crippen molar-refractivity contribution < 1.29 is 27.4 Å². The number of aromatic nitrogens is 1. The Kier molecular flexibility index (Phi) is 8.16. The summed E-state index contributed by atoms with van der Waals surface area (Å²) in [6, 6.07) is 8.47. The molecule has 1 saturated heterocycles. The monoisotopic (exact) mass is 538 g/mol. The van der Waals surface area contributed by atoms with Crippen LogP contribution in [-0.4, -0.2) is 56.2 Å². The van der Waals surface area contributed by atoms with Crippen LogP contribution in [0.15, 0.2) is 41.6 Å². The second kappa shape index (κ2) is 11.2. The van der Waals surface area contributed by atoms with Crippen molar-refractivity contribution in [1.82, 2.24) is 4.98 Å². The number of alkyl halides is 3. The van der Waals surface area contributed by atoms with Crippen molar-refractivity contribution in [3.63, 3.8) is 0 Å². The number of methoxy groups -OCH3 is 2. The van der Waals surface area contributed by atoms with Crippen molar-refractivity contribution >= 4 is 34.7 Å². The zero-order chi connectivity index (χ0) is 26.7. The van der Waals surface area contributed by atoms with E-state index < -0.39 is 29.8 Å². The van der Waals surface area contributed by atoms with Gasteiger partial charge in [-0.25, -0.2) is 4.98 Å². The Morgan fingerprint density at radius 2 is 1.84 bits per heavy atom. The third-order valence-corrected chi connectivity index (χ3v) is 7.42. The molecule has 0 bridgehead atoms. The van der Waals surface area contributed by atoms with Gasteiger partial charge < -0.3 is 14.4 Å². The fourth-order valence-corrected chi connectivity index (χ4v) is 5.24. The highest BCUT2D eigenvalue weighted by atomic mass is 35.5. The molecule has 0 spiro atoms. The van der Waals surface area contributed by atoms with Gasteiger partial charge in [-0.2, -0.15) is 18.3 Å². The number of ether oxygens (including phenoxy) is 2. The summed E-state index contributed by atoms with van der Waals surface area (Å²) in [6.07, 6.45) is -0.334. The molecule has 1 aromatic carbocycles. The highest BCUT2D eigenvalue weighted by Crippen LogP contribution is 2.37. The fraction of sp³-hybridized carbons (Fsp3) is 0.500. The zero-order valence-electron chi connectivity index (χ0n) is 21.0. The Hall–Kier alpha value is -3.01. The standard InChI is InChI=1S/C26H30ClF3N4O3/c1-16-21(14-24(35)37-3)34(32-25(16)26(28,29)30)19-6-4-17(5-7-19)12-18-8-10-33(11-9-18)22-13-23(36-2)31-15-20(22)27/h4-7,13,15-16,18,21H,8-12,14H2,1-3H3/t16-,21-/m0/s1. The van der Waals surface area contributed by atoms with Crippen molar-refractivity contribution in [2.24, 2.45) is 16.9 Å². The number of hydrogen-bond acceptors (Lipinski definition) is 7. The van der Waals surface area contributed by atoms with Crippen LogP contribution in [0, 0.1) is 11.8 Å². The number of piperidine rings is 1. The van der Waals surface area contributed by atoms with Crippen LogP contribution >= 0.6 is 11.6 Å². The Labute approximate surface area is 219 Å². The van der Waals surface area contributed by atoms with Crippen LogP contribution in [0.2, 0.25) is 5.02 Å². The lowest BCUT2D eigenvalue weighted by Crippen LogP contribution is -2.37. The SMILES string of the molecule is COC(=O)C[C@H]1[C@H](C)C(C(F)(F)F)=NN1c1ccc(CC2CCN(c3cc(OC)ncc3Cl)CC2)cc1. The topological polar surface area (TPSA) is 67.3 Å². The number of benzene rings is 1. The van der Waals surface area contributed by atoms with Crippen LogP contribution in [0.25, 0.3) is 0 Å². The van der Waals surface area contributed by atoms with E-state index in [4.69, 9.17) is 21.1 Å². The number of hydrogen-bond donors (Lipinski definition) is 0. The van der Waals surface area contributed by atoms with E-state index in [2.05, 4.69) is 15.0 Å². The summed E-state index contributed by atoms with van der Waals surface area (Å²) >= 11 is 6.35. The van der Waals surface area contributed by atoms with E-state index in [-0.39, 0.29) is 6.42 Å². The van der Waals surface area contributed by atoms with Crippen LogP contribution in [-0.2, 0) is 16.0 Å². The molecule has 4 rings (SSSR count). The van der Waals surface area contributed by atoms with Crippen molar-refractivity contribution in [3.8, 4) is 5.88 Å². The maximum atomic E-state index is 13.5. The van der Waals surface area contributed by atoms with E-state index in [0.29, 0.717) is 22.5 Å². The molecule has 0 saturated carbocycles. The Morgan fingerprint density at radius 3 is 2.43 bits per heavy atom. The van der Waals surface area contributed by atoms with Gasteiger partial charge in [0.25, 0.3) is 0 Å². The van der Waals surface area contributed by atoms with Crippen molar-refractivity contribution in [1.29, 1.82) is 0 Å². The molecule has 2 aliphatic rings. The number of halogens is 4. The normalized spacial score (nSPS) is 20.7. The predicted octanol–water partition coefficient (Wildman–Crippen LogP) is 5.51. The molecule has 1 fully saturated rings. The van der Waals surface area contributed by atoms with Gasteiger partial charge in [0.05, 0.1) is 49.3 Å². The quantitative estimate of drug-likeness (QED) is 0.433. The van der Waals surface area contributed by atoms with Crippen LogP contribution in [0.5, 0.6) is 5.88 Å². The number of pyridine rings is 1. The molecule has 7 nitrogen and oxygen atoms in total. The molecular weight excluding hydrogens is 509 g/mol. The summed E-state index contributed by atoms with van der Waals surface area (Å²) in [4.78, 5) is 18.3. The first-order valence-electron chi connectivity index (χ1n) is 12.2. The Balaban J connectivity index is 1.41. The molecule has 0 unspecified atom stereocenters. The highest BCUT2D eigenvalue weighted by molar-refractivity contribution is 6.33. The minimum atomic E-state index is -4.57. The molecule has 0 aliphatic carbocycles. The van der Waals surface area contributed by atoms with Gasteiger partial charge in [-0.1, -0.05) is 30.7 Å². The van der Waals surface area contributed by atoms with E-state index >= 15 is 0 Å². The lowest BCUT2D eigenvalue weighted by atomic mass is 9.90. The summed E-state index contributed by atoms with van der Waals surface area (Å²) in [7, 11) is 2.79. The molecule has 200 valence electrons. The molecule has 1 aromatic heterocycles. The minimum absolute atomic E-state index is 0.186. The molecule has 2 aromatic rings. The van der Waals surface area contributed by atoms with Gasteiger partial charge in [0.1, 0.15) is 5.71 Å². The molecule has 0 radical (unpaired) electrons. The average molecular weight is 539 g/mol. The Morgan fingerprint density at radius 1 is 1.16 bits per heavy atom. The third-order valence-electron chi connectivity index (χ3n) is 7.13. The molecule has 37 heavy (non-hydrogen) atoms. The smallest absolute Gasteiger partial charge is 0.431 e. The van der Waals surface area contributed by atoms with Crippen molar-refractivity contribution in [2.45, 2.75) is 44.8 Å². The lowest BCUT2D eigenvalue weighted by Gasteiger charge is -2.34. The molecule has 11 heteroatoms. The van der Waals surface area contributed by atoms with Gasteiger partial charge in [0.2, 0.25) is 5.88 Å². The fourth-order valence-electron chi connectivity index (χ4n) is 5.02. The first-order chi connectivity index (χ1) is 17.6. The van der Waals surface area contributed by atoms with Gasteiger partial charge in [0.15, 0.2) is 0 Å². The second-order valence-electron chi connectivity index (χ2n) is 9.44. The molecule has 0 N–H and O–H groups in total. The van der Waals surface area contributed by atoms with E-state index in [0.717, 1.165) is 43.6 Å². The van der Waals surface area contributed by atoms with Crippen molar-refractivity contribution in [3.05, 3.63) is 47.1 Å². The summed E-state index contributed by atoms with van der Waals surface area (Å²) in [5.74, 6) is -0.541. The van der Waals surface area contributed by atoms with Crippen LogP contribution < -0.4 is 14.6 Å². The number of hydrazone groups is 1. The maximum absolute atomic E-state index is 13.5. The number of nitrogens with zero attached hydrogens (tertiary/aromatic N) is 4. The maximum Gasteiger partial charge on any atom is 0.431 e. The number of carbonyl (C=O) groups is 1. The third kappa shape index (κ3) is 6.11. The number of rotatable bonds is 7. The van der Waals surface area contributed by atoms with Crippen molar-refractivity contribution in [2.75, 3.05) is 37.2 Å². The summed E-state index contributed by atoms with van der Waals surface area (Å²) in [6.45, 7) is 3.15. The minimum Gasteiger partial charge on any atom is -0.481 e. The van der Waals surface area contributed by atoms with Gasteiger partial charge in [-0.05, 0) is 42.9 Å². The highest BCUT2D eigenvalue weighted by Gasteiger charge is 2.48. The molecular formula is C26H30ClF3N4O3. The molecule has 3 heterocycles. The van der Waals surface area contributed by atoms with E-state index in [1.165, 1.54) is 19.0 Å². The zero-order valence-corrected chi connectivity index (χ0v) is 21.7. The lowest BCUT2D eigenvalue weighted by molar-refractivity contribution is -0.141. The van der Waals surface area contributed by atoms with Gasteiger partial charge in [0, 0.05) is 25.1 Å². The molecule has 2 aliphatic heterocycles. The first kappa shape index (κ1) is 27.0. The largest absolute Gasteiger partial charge is 0.481 e. The summed E-state index contributed by atoms with van der Waals surface area (Å²) in [5.41, 5.74) is 1.64. The van der Waals surface area contributed by atoms with Gasteiger partial charge in [-0.15, -0.1) is 0 Å². The average Bonchev–Trinajstić information content (AvgIpc) is 3.21.